The van der Waals surface area contributed by atoms with Gasteiger partial charge in [-0.25, -0.2) is 0 Å². The first kappa shape index (κ1) is 17.7. The van der Waals surface area contributed by atoms with E-state index >= 15 is 0 Å². The molecule has 0 radical (unpaired) electrons. The highest BCUT2D eigenvalue weighted by Crippen LogP contribution is 2.18. The Kier molecular flexibility index (Phi) is 5.91. The number of piperidine rings is 1. The van der Waals surface area contributed by atoms with Gasteiger partial charge in [0.25, 0.3) is 0 Å². The molecule has 25 heavy (non-hydrogen) atoms. The van der Waals surface area contributed by atoms with Gasteiger partial charge < -0.3 is 19.9 Å². The quantitative estimate of drug-likeness (QED) is 0.881. The Bertz CT molecular complexity index is 606. The highest BCUT2D eigenvalue weighted by molar-refractivity contribution is 5.81. The van der Waals surface area contributed by atoms with Crippen LogP contribution in [0.3, 0.4) is 0 Å². The molecule has 0 aromatic heterocycles. The average Bonchev–Trinajstić information content (AvgIpc) is 2.68. The molecule has 0 saturated carbocycles. The maximum absolute atomic E-state index is 12.6. The zero-order valence-corrected chi connectivity index (χ0v) is 14.9. The van der Waals surface area contributed by atoms with Gasteiger partial charge >= 0.3 is 0 Å². The third kappa shape index (κ3) is 4.51. The summed E-state index contributed by atoms with van der Waals surface area (Å²) in [5.41, 5.74) is 0.956. The third-order valence-electron chi connectivity index (χ3n) is 5.12. The van der Waals surface area contributed by atoms with Crippen LogP contribution in [0, 0.1) is 5.92 Å². The normalized spacial score (nSPS) is 18.9. The van der Waals surface area contributed by atoms with Gasteiger partial charge in [-0.05, 0) is 43.6 Å². The second-order valence-electron chi connectivity index (χ2n) is 6.76. The van der Waals surface area contributed by atoms with Crippen molar-refractivity contribution in [2.75, 3.05) is 46.4 Å². The second-order valence-corrected chi connectivity index (χ2v) is 6.76. The molecule has 3 rings (SSSR count). The number of piperazine rings is 1. The molecule has 1 aromatic carbocycles. The van der Waals surface area contributed by atoms with E-state index < -0.39 is 0 Å². The maximum atomic E-state index is 12.6. The summed E-state index contributed by atoms with van der Waals surface area (Å²) < 4.78 is 5.21. The largest absolute Gasteiger partial charge is 0.497 e. The fraction of sp³-hybridized carbons (Fsp3) is 0.579. The Morgan fingerprint density at radius 2 is 1.80 bits per heavy atom. The van der Waals surface area contributed by atoms with E-state index in [0.717, 1.165) is 37.2 Å². The molecule has 136 valence electrons. The van der Waals surface area contributed by atoms with Crippen molar-refractivity contribution in [3.63, 3.8) is 0 Å². The summed E-state index contributed by atoms with van der Waals surface area (Å²) in [6.45, 7) is 4.39. The molecule has 6 heteroatoms. The van der Waals surface area contributed by atoms with Gasteiger partial charge in [0.2, 0.25) is 11.8 Å². The van der Waals surface area contributed by atoms with Gasteiger partial charge in [-0.15, -0.1) is 0 Å². The van der Waals surface area contributed by atoms with Crippen molar-refractivity contribution >= 4 is 11.8 Å². The average molecular weight is 345 g/mol. The molecule has 0 unspecified atom stereocenters. The minimum atomic E-state index is 0.113. The monoisotopic (exact) mass is 345 g/mol. The summed E-state index contributed by atoms with van der Waals surface area (Å²) in [4.78, 5) is 28.9. The van der Waals surface area contributed by atoms with Crippen molar-refractivity contribution in [2.45, 2.75) is 19.3 Å². The molecule has 0 bridgehead atoms. The van der Waals surface area contributed by atoms with E-state index in [-0.39, 0.29) is 17.7 Å². The van der Waals surface area contributed by atoms with E-state index in [1.165, 1.54) is 0 Å². The number of benzene rings is 1. The minimum absolute atomic E-state index is 0.113. The summed E-state index contributed by atoms with van der Waals surface area (Å²) >= 11 is 0. The van der Waals surface area contributed by atoms with Crippen LogP contribution in [0.2, 0.25) is 0 Å². The molecule has 2 aliphatic heterocycles. The summed E-state index contributed by atoms with van der Waals surface area (Å²) in [5.74, 6) is 1.30. The summed E-state index contributed by atoms with van der Waals surface area (Å²) in [6.07, 6.45) is 2.22. The van der Waals surface area contributed by atoms with Crippen LogP contribution in [0.5, 0.6) is 5.75 Å². The molecule has 0 spiro atoms. The molecule has 2 aliphatic rings. The van der Waals surface area contributed by atoms with Crippen molar-refractivity contribution in [1.82, 2.24) is 15.1 Å². The highest BCUT2D eigenvalue weighted by atomic mass is 16.5. The molecular formula is C19H27N3O3. The second kappa shape index (κ2) is 8.34. The van der Waals surface area contributed by atoms with Crippen molar-refractivity contribution in [2.24, 2.45) is 5.92 Å². The molecule has 2 amide bonds. The van der Waals surface area contributed by atoms with E-state index in [1.54, 1.807) is 7.11 Å². The van der Waals surface area contributed by atoms with Crippen LogP contribution < -0.4 is 10.1 Å². The third-order valence-corrected chi connectivity index (χ3v) is 5.12. The molecular weight excluding hydrogens is 318 g/mol. The Balaban J connectivity index is 1.49. The molecule has 2 saturated heterocycles. The number of nitrogens with one attached hydrogen (secondary N) is 1. The molecule has 1 N–H and O–H groups in total. The van der Waals surface area contributed by atoms with Crippen LogP contribution in [0.1, 0.15) is 18.4 Å². The number of amides is 2. The fourth-order valence-electron chi connectivity index (χ4n) is 3.57. The van der Waals surface area contributed by atoms with Crippen LogP contribution in [0.4, 0.5) is 0 Å². The van der Waals surface area contributed by atoms with Crippen LogP contribution >= 0.6 is 0 Å². The van der Waals surface area contributed by atoms with Crippen molar-refractivity contribution < 1.29 is 14.3 Å². The maximum Gasteiger partial charge on any atom is 0.227 e. The number of rotatable bonds is 4. The number of carbonyl (C=O) groups is 2. The Morgan fingerprint density at radius 1 is 1.12 bits per heavy atom. The smallest absolute Gasteiger partial charge is 0.227 e. The number of carbonyl (C=O) groups excluding carboxylic acids is 2. The predicted octanol–water partition coefficient (Wildman–Crippen LogP) is 0.908. The summed E-state index contributed by atoms with van der Waals surface area (Å²) in [7, 11) is 1.62. The molecule has 6 nitrogen and oxygen atoms in total. The van der Waals surface area contributed by atoms with Crippen LogP contribution in [-0.4, -0.2) is 68.0 Å². The fourth-order valence-corrected chi connectivity index (χ4v) is 3.57. The topological polar surface area (TPSA) is 61.9 Å². The molecule has 0 aliphatic carbocycles. The SMILES string of the molecule is COc1cccc(CC(=O)N2CCN(C(=O)C3CCNCC3)CC2)c1. The Hall–Kier alpha value is -2.08. The number of nitrogens with zero attached hydrogens (tertiary/aromatic N) is 2. The zero-order valence-electron chi connectivity index (χ0n) is 14.9. The number of ether oxygens (including phenoxy) is 1. The summed E-state index contributed by atoms with van der Waals surface area (Å²) in [6, 6.07) is 7.61. The van der Waals surface area contributed by atoms with Gasteiger partial charge in [-0.3, -0.25) is 9.59 Å². The van der Waals surface area contributed by atoms with Gasteiger partial charge in [0.05, 0.1) is 13.5 Å². The lowest BCUT2D eigenvalue weighted by Crippen LogP contribution is -2.53. The number of hydrogen-bond donors (Lipinski definition) is 1. The van der Waals surface area contributed by atoms with Crippen LogP contribution in [0.25, 0.3) is 0 Å². The predicted molar refractivity (Wildman–Crippen MR) is 95.5 cm³/mol. The van der Waals surface area contributed by atoms with Crippen LogP contribution in [0.15, 0.2) is 24.3 Å². The van der Waals surface area contributed by atoms with E-state index in [2.05, 4.69) is 5.32 Å². The molecule has 2 fully saturated rings. The lowest BCUT2D eigenvalue weighted by Gasteiger charge is -2.37. The van der Waals surface area contributed by atoms with Gasteiger partial charge in [0, 0.05) is 32.1 Å². The molecule has 1 aromatic rings. The van der Waals surface area contributed by atoms with Crippen LogP contribution in [-0.2, 0) is 16.0 Å². The lowest BCUT2D eigenvalue weighted by molar-refractivity contribution is -0.142. The first-order valence-corrected chi connectivity index (χ1v) is 9.07. The molecule has 0 atom stereocenters. The van der Waals surface area contributed by atoms with Gasteiger partial charge in [0.15, 0.2) is 0 Å². The standard InChI is InChI=1S/C19H27N3O3/c1-25-17-4-2-3-15(13-17)14-18(23)21-9-11-22(12-10-21)19(24)16-5-7-20-8-6-16/h2-4,13,16,20H,5-12,14H2,1H3. The van der Waals surface area contributed by atoms with E-state index in [9.17, 15) is 9.59 Å². The van der Waals surface area contributed by atoms with E-state index in [0.29, 0.717) is 32.6 Å². The van der Waals surface area contributed by atoms with E-state index in [1.807, 2.05) is 34.1 Å². The number of methoxy groups -OCH3 is 1. The first-order chi connectivity index (χ1) is 12.2. The zero-order chi connectivity index (χ0) is 17.6. The lowest BCUT2D eigenvalue weighted by atomic mass is 9.96. The van der Waals surface area contributed by atoms with Crippen molar-refractivity contribution in [3.05, 3.63) is 29.8 Å². The number of hydrogen-bond acceptors (Lipinski definition) is 4. The molecule has 2 heterocycles. The summed E-state index contributed by atoms with van der Waals surface area (Å²) in [5, 5.41) is 3.29. The van der Waals surface area contributed by atoms with E-state index in [4.69, 9.17) is 4.74 Å². The van der Waals surface area contributed by atoms with Gasteiger partial charge in [-0.2, -0.15) is 0 Å². The van der Waals surface area contributed by atoms with Crippen molar-refractivity contribution in [1.29, 1.82) is 0 Å². The Labute approximate surface area is 149 Å². The van der Waals surface area contributed by atoms with Gasteiger partial charge in [0.1, 0.15) is 5.75 Å². The minimum Gasteiger partial charge on any atom is -0.497 e. The van der Waals surface area contributed by atoms with Gasteiger partial charge in [-0.1, -0.05) is 12.1 Å². The Morgan fingerprint density at radius 3 is 2.48 bits per heavy atom. The van der Waals surface area contributed by atoms with Crippen molar-refractivity contribution in [3.8, 4) is 5.75 Å². The highest BCUT2D eigenvalue weighted by Gasteiger charge is 2.29. The first-order valence-electron chi connectivity index (χ1n) is 9.07.